The summed E-state index contributed by atoms with van der Waals surface area (Å²) in [5, 5.41) is 8.66. The van der Waals surface area contributed by atoms with Gasteiger partial charge in [0.25, 0.3) is 5.91 Å². The molecule has 3 heterocycles. The second kappa shape index (κ2) is 7.18. The topological polar surface area (TPSA) is 81.2 Å². The van der Waals surface area contributed by atoms with Crippen LogP contribution in [0.25, 0.3) is 0 Å². The third-order valence-electron chi connectivity index (χ3n) is 5.66. The molecule has 0 bridgehead atoms. The molecule has 0 N–H and O–H groups in total. The van der Waals surface area contributed by atoms with Gasteiger partial charge in [-0.3, -0.25) is 4.79 Å². The summed E-state index contributed by atoms with van der Waals surface area (Å²) in [7, 11) is 0. The number of amides is 1. The summed E-state index contributed by atoms with van der Waals surface area (Å²) >= 11 is 0. The molecule has 0 spiro atoms. The summed E-state index contributed by atoms with van der Waals surface area (Å²) in [4.78, 5) is 27.4. The summed E-state index contributed by atoms with van der Waals surface area (Å²) in [6, 6.07) is 1.92. The molecule has 1 aliphatic carbocycles. The average Bonchev–Trinajstić information content (AvgIpc) is 3.38. The van der Waals surface area contributed by atoms with Crippen LogP contribution in [-0.4, -0.2) is 32.1 Å². The number of nitrogens with zero attached hydrogens (tertiary/aromatic N) is 4. The van der Waals surface area contributed by atoms with Crippen molar-refractivity contribution in [3.8, 4) is 0 Å². The van der Waals surface area contributed by atoms with Crippen LogP contribution in [0.4, 0.5) is 0 Å². The second-order valence-electron chi connectivity index (χ2n) is 8.64. The minimum Gasteiger partial charge on any atom is -0.427 e. The highest BCUT2D eigenvalue weighted by atomic mass is 16.4. The number of carbonyl (C=O) groups is 1. The molecule has 2 aromatic rings. The molecular formula is C21H28N4O3. The van der Waals surface area contributed by atoms with E-state index in [0.717, 1.165) is 30.9 Å². The molecule has 0 radical (unpaired) electrons. The summed E-state index contributed by atoms with van der Waals surface area (Å²) in [5.41, 5.74) is 0.274. The highest BCUT2D eigenvalue weighted by Gasteiger charge is 2.36. The van der Waals surface area contributed by atoms with Gasteiger partial charge >= 0.3 is 5.63 Å². The Morgan fingerprint density at radius 3 is 2.71 bits per heavy atom. The molecule has 0 aromatic carbocycles. The molecule has 1 amide bonds. The maximum absolute atomic E-state index is 13.1. The van der Waals surface area contributed by atoms with E-state index in [-0.39, 0.29) is 17.5 Å². The molecule has 4 rings (SSSR count). The minimum absolute atomic E-state index is 0.0935. The molecule has 1 fully saturated rings. The molecular weight excluding hydrogens is 356 g/mol. The monoisotopic (exact) mass is 384 g/mol. The van der Waals surface area contributed by atoms with Crippen LogP contribution < -0.4 is 5.63 Å². The first-order chi connectivity index (χ1) is 13.3. The number of aryl methyl sites for hydroxylation is 2. The number of aromatic nitrogens is 3. The normalized spacial score (nSPS) is 19.2. The third kappa shape index (κ3) is 3.50. The van der Waals surface area contributed by atoms with Gasteiger partial charge in [0.15, 0.2) is 5.82 Å². The van der Waals surface area contributed by atoms with Gasteiger partial charge in [-0.1, -0.05) is 13.8 Å². The Balaban J connectivity index is 1.57. The standard InChI is InChI=1S/C21H28N4O3/c1-12(2)5-8-16-9-13(3)18(21(27)28-16)20(26)24-10-14(4)25-17(11-24)22-23-19(25)15-6-7-15/h9,12,14-15H,5-8,10-11H2,1-4H3/t14-/m0/s1. The Morgan fingerprint density at radius 2 is 2.07 bits per heavy atom. The van der Waals surface area contributed by atoms with Crippen LogP contribution >= 0.6 is 0 Å². The van der Waals surface area contributed by atoms with E-state index >= 15 is 0 Å². The van der Waals surface area contributed by atoms with Gasteiger partial charge in [0.2, 0.25) is 0 Å². The van der Waals surface area contributed by atoms with E-state index in [1.807, 2.05) is 13.0 Å². The zero-order valence-corrected chi connectivity index (χ0v) is 17.1. The summed E-state index contributed by atoms with van der Waals surface area (Å²) in [5.74, 6) is 3.24. The lowest BCUT2D eigenvalue weighted by atomic mass is 10.0. The second-order valence-corrected chi connectivity index (χ2v) is 8.64. The summed E-state index contributed by atoms with van der Waals surface area (Å²) in [6.07, 6.45) is 3.97. The van der Waals surface area contributed by atoms with Crippen LogP contribution in [-0.2, 0) is 13.0 Å². The fourth-order valence-electron chi connectivity index (χ4n) is 3.98. The molecule has 1 saturated carbocycles. The quantitative estimate of drug-likeness (QED) is 0.791. The predicted molar refractivity (Wildman–Crippen MR) is 104 cm³/mol. The van der Waals surface area contributed by atoms with Gasteiger partial charge < -0.3 is 13.9 Å². The molecule has 1 aliphatic heterocycles. The van der Waals surface area contributed by atoms with E-state index in [2.05, 4.69) is 35.5 Å². The van der Waals surface area contributed by atoms with Crippen LogP contribution in [0.2, 0.25) is 0 Å². The average molecular weight is 384 g/mol. The molecule has 7 heteroatoms. The number of hydrogen-bond acceptors (Lipinski definition) is 5. The Morgan fingerprint density at radius 1 is 1.32 bits per heavy atom. The fraction of sp³-hybridized carbons (Fsp3) is 0.619. The third-order valence-corrected chi connectivity index (χ3v) is 5.66. The smallest absolute Gasteiger partial charge is 0.349 e. The number of hydrogen-bond donors (Lipinski definition) is 0. The largest absolute Gasteiger partial charge is 0.427 e. The lowest BCUT2D eigenvalue weighted by molar-refractivity contribution is 0.0673. The zero-order chi connectivity index (χ0) is 20.0. The first kappa shape index (κ1) is 18.9. The lowest BCUT2D eigenvalue weighted by Gasteiger charge is -2.32. The van der Waals surface area contributed by atoms with Gasteiger partial charge in [-0.15, -0.1) is 10.2 Å². The van der Waals surface area contributed by atoms with Crippen molar-refractivity contribution in [1.29, 1.82) is 0 Å². The van der Waals surface area contributed by atoms with Crippen molar-refractivity contribution in [2.45, 2.75) is 71.9 Å². The minimum atomic E-state index is -0.540. The molecule has 0 unspecified atom stereocenters. The van der Waals surface area contributed by atoms with Crippen LogP contribution in [0.1, 0.15) is 85.3 Å². The molecule has 2 aromatic heterocycles. The van der Waals surface area contributed by atoms with Crippen LogP contribution in [0.5, 0.6) is 0 Å². The Labute approximate surface area is 164 Å². The van der Waals surface area contributed by atoms with Gasteiger partial charge in [0, 0.05) is 18.9 Å². The van der Waals surface area contributed by atoms with Crippen LogP contribution in [0.15, 0.2) is 15.3 Å². The predicted octanol–water partition coefficient (Wildman–Crippen LogP) is 3.22. The van der Waals surface area contributed by atoms with Gasteiger partial charge in [-0.25, -0.2) is 4.79 Å². The van der Waals surface area contributed by atoms with E-state index in [1.54, 1.807) is 4.90 Å². The van der Waals surface area contributed by atoms with Crippen molar-refractivity contribution in [3.63, 3.8) is 0 Å². The van der Waals surface area contributed by atoms with Gasteiger partial charge in [0.05, 0.1) is 12.6 Å². The first-order valence-electron chi connectivity index (χ1n) is 10.2. The Kier molecular flexibility index (Phi) is 4.85. The van der Waals surface area contributed by atoms with Crippen LogP contribution in [0.3, 0.4) is 0 Å². The maximum atomic E-state index is 13.1. The van der Waals surface area contributed by atoms with E-state index in [9.17, 15) is 9.59 Å². The summed E-state index contributed by atoms with van der Waals surface area (Å²) < 4.78 is 7.63. The molecule has 28 heavy (non-hydrogen) atoms. The maximum Gasteiger partial charge on any atom is 0.349 e. The molecule has 0 saturated heterocycles. The van der Waals surface area contributed by atoms with E-state index < -0.39 is 5.63 Å². The molecule has 150 valence electrons. The molecule has 7 nitrogen and oxygen atoms in total. The van der Waals surface area contributed by atoms with Crippen LogP contribution in [0, 0.1) is 12.8 Å². The number of carbonyl (C=O) groups excluding carboxylic acids is 1. The Bertz CT molecular complexity index is 955. The van der Waals surface area contributed by atoms with E-state index in [1.165, 1.54) is 0 Å². The van der Waals surface area contributed by atoms with E-state index in [0.29, 0.717) is 42.7 Å². The van der Waals surface area contributed by atoms with Gasteiger partial charge in [0.1, 0.15) is 17.1 Å². The number of rotatable bonds is 5. The SMILES string of the molecule is Cc1cc(CCC(C)C)oc(=O)c1C(=O)N1Cc2nnc(C3CC3)n2[C@@H](C)C1. The van der Waals surface area contributed by atoms with Gasteiger partial charge in [-0.05, 0) is 50.7 Å². The van der Waals surface area contributed by atoms with Crippen molar-refractivity contribution in [2.24, 2.45) is 5.92 Å². The number of fused-ring (bicyclic) bond motifs is 1. The van der Waals surface area contributed by atoms with Crippen molar-refractivity contribution in [3.05, 3.63) is 45.0 Å². The highest BCUT2D eigenvalue weighted by Crippen LogP contribution is 2.41. The highest BCUT2D eigenvalue weighted by molar-refractivity contribution is 5.95. The molecule has 2 aliphatic rings. The Hall–Kier alpha value is -2.44. The molecule has 1 atom stereocenters. The van der Waals surface area contributed by atoms with Crippen molar-refractivity contribution in [1.82, 2.24) is 19.7 Å². The first-order valence-corrected chi connectivity index (χ1v) is 10.2. The fourth-order valence-corrected chi connectivity index (χ4v) is 3.98. The van der Waals surface area contributed by atoms with Gasteiger partial charge in [-0.2, -0.15) is 0 Å². The van der Waals surface area contributed by atoms with E-state index in [4.69, 9.17) is 4.42 Å². The van der Waals surface area contributed by atoms with Crippen molar-refractivity contribution < 1.29 is 9.21 Å². The lowest BCUT2D eigenvalue weighted by Crippen LogP contribution is -2.42. The van der Waals surface area contributed by atoms with Crippen molar-refractivity contribution in [2.75, 3.05) is 6.54 Å². The summed E-state index contributed by atoms with van der Waals surface area (Å²) in [6.45, 7) is 9.06. The van der Waals surface area contributed by atoms with Crippen molar-refractivity contribution >= 4 is 5.91 Å². The zero-order valence-electron chi connectivity index (χ0n) is 17.1.